The smallest absolute Gasteiger partial charge is 0.243 e. The number of likely N-dealkylation sites (N-methyl/N-ethyl adjacent to an activating group) is 2. The zero-order chi connectivity index (χ0) is 17.6. The molecule has 2 unspecified atom stereocenters. The van der Waals surface area contributed by atoms with Crippen LogP contribution >= 0.6 is 24.0 Å². The zero-order valence-corrected chi connectivity index (χ0v) is 17.5. The quantitative estimate of drug-likeness (QED) is 0.330. The predicted molar refractivity (Wildman–Crippen MR) is 104 cm³/mol. The van der Waals surface area contributed by atoms with E-state index in [9.17, 15) is 14.7 Å². The Morgan fingerprint density at radius 2 is 1.83 bits per heavy atom. The summed E-state index contributed by atoms with van der Waals surface area (Å²) < 4.78 is 0. The van der Waals surface area contributed by atoms with Crippen LogP contribution in [0.3, 0.4) is 0 Å². The van der Waals surface area contributed by atoms with E-state index in [1.807, 2.05) is 4.90 Å². The fourth-order valence-corrected chi connectivity index (χ4v) is 2.24. The average molecular weight is 455 g/mol. The molecule has 1 fully saturated rings. The van der Waals surface area contributed by atoms with Gasteiger partial charge >= 0.3 is 0 Å². The molecule has 2 atom stereocenters. The molecule has 0 aliphatic carbocycles. The normalized spacial score (nSPS) is 18.7. The van der Waals surface area contributed by atoms with Crippen molar-refractivity contribution in [2.75, 3.05) is 54.4 Å². The van der Waals surface area contributed by atoms with E-state index < -0.39 is 0 Å². The number of amides is 2. The molecular formula is C15H30IN5O3. The van der Waals surface area contributed by atoms with Gasteiger partial charge in [-0.15, -0.1) is 24.0 Å². The Hall–Kier alpha value is -1.10. The number of nitrogens with zero attached hydrogens (tertiary/aromatic N) is 4. The number of likely N-dealkylation sites (tertiary alicyclic amines) is 1. The fourth-order valence-electron chi connectivity index (χ4n) is 2.24. The Kier molecular flexibility index (Phi) is 10.2. The van der Waals surface area contributed by atoms with Crippen molar-refractivity contribution in [1.29, 1.82) is 0 Å². The highest BCUT2D eigenvalue weighted by molar-refractivity contribution is 14.0. The van der Waals surface area contributed by atoms with E-state index in [-0.39, 0.29) is 60.9 Å². The number of nitrogens with one attached hydrogen (secondary N) is 1. The molecule has 9 heteroatoms. The number of hydrogen-bond donors (Lipinski definition) is 2. The SMILES string of the molecule is CC(O)C1CCN(C(=NCC(=O)N(C)C)NCC(=O)N(C)C)C1.I. The van der Waals surface area contributed by atoms with E-state index in [0.717, 1.165) is 13.0 Å². The van der Waals surface area contributed by atoms with Gasteiger partial charge in [-0.05, 0) is 13.3 Å². The number of hydrogen-bond acceptors (Lipinski definition) is 4. The molecule has 1 saturated heterocycles. The third kappa shape index (κ3) is 7.20. The minimum absolute atomic E-state index is 0. The first kappa shape index (κ1) is 22.9. The van der Waals surface area contributed by atoms with Crippen LogP contribution in [0.15, 0.2) is 4.99 Å². The lowest BCUT2D eigenvalue weighted by Gasteiger charge is -2.23. The molecule has 0 radical (unpaired) electrons. The Morgan fingerprint density at radius 3 is 2.29 bits per heavy atom. The molecule has 0 bridgehead atoms. The molecule has 0 spiro atoms. The third-order valence-electron chi connectivity index (χ3n) is 3.97. The molecule has 140 valence electrons. The average Bonchev–Trinajstić information content (AvgIpc) is 2.96. The van der Waals surface area contributed by atoms with Crippen LogP contribution in [0.4, 0.5) is 0 Å². The Labute approximate surface area is 161 Å². The van der Waals surface area contributed by atoms with Gasteiger partial charge in [0.2, 0.25) is 11.8 Å². The number of aliphatic hydroxyl groups excluding tert-OH is 1. The molecule has 0 saturated carbocycles. The van der Waals surface area contributed by atoms with Crippen LogP contribution in [0.1, 0.15) is 13.3 Å². The summed E-state index contributed by atoms with van der Waals surface area (Å²) in [5, 5.41) is 12.8. The van der Waals surface area contributed by atoms with Crippen LogP contribution in [-0.4, -0.2) is 98.1 Å². The van der Waals surface area contributed by atoms with Gasteiger partial charge in [0.15, 0.2) is 5.96 Å². The van der Waals surface area contributed by atoms with Gasteiger partial charge in [0.1, 0.15) is 6.54 Å². The Balaban J connectivity index is 0.00000529. The number of rotatable bonds is 5. The molecule has 1 aliphatic heterocycles. The van der Waals surface area contributed by atoms with Crippen molar-refractivity contribution in [2.45, 2.75) is 19.4 Å². The van der Waals surface area contributed by atoms with Crippen LogP contribution in [-0.2, 0) is 9.59 Å². The van der Waals surface area contributed by atoms with Gasteiger partial charge in [0.05, 0.1) is 12.6 Å². The van der Waals surface area contributed by atoms with Crippen LogP contribution < -0.4 is 5.32 Å². The number of aliphatic hydroxyl groups is 1. The highest BCUT2D eigenvalue weighted by atomic mass is 127. The standard InChI is InChI=1S/C15H29N5O3.HI/c1-11(21)12-6-7-20(10-12)15(16-8-13(22)18(2)3)17-9-14(23)19(4)5;/h11-12,21H,6-10H2,1-5H3,(H,16,17);1H. The summed E-state index contributed by atoms with van der Waals surface area (Å²) in [5.74, 6) is 0.548. The van der Waals surface area contributed by atoms with Crippen molar-refractivity contribution in [2.24, 2.45) is 10.9 Å². The molecule has 2 N–H and O–H groups in total. The van der Waals surface area contributed by atoms with Gasteiger partial charge < -0.3 is 25.1 Å². The molecule has 2 amide bonds. The molecule has 24 heavy (non-hydrogen) atoms. The first-order chi connectivity index (χ1) is 10.7. The van der Waals surface area contributed by atoms with Crippen molar-refractivity contribution < 1.29 is 14.7 Å². The lowest BCUT2D eigenvalue weighted by Crippen LogP contribution is -2.45. The molecule has 1 rings (SSSR count). The summed E-state index contributed by atoms with van der Waals surface area (Å²) in [7, 11) is 6.74. The summed E-state index contributed by atoms with van der Waals surface area (Å²) in [6.45, 7) is 3.34. The summed E-state index contributed by atoms with van der Waals surface area (Å²) in [4.78, 5) is 32.8. The minimum atomic E-state index is -0.381. The maximum Gasteiger partial charge on any atom is 0.243 e. The van der Waals surface area contributed by atoms with E-state index in [2.05, 4.69) is 10.3 Å². The van der Waals surface area contributed by atoms with Crippen LogP contribution in [0.5, 0.6) is 0 Å². The van der Waals surface area contributed by atoms with Gasteiger partial charge in [0.25, 0.3) is 0 Å². The highest BCUT2D eigenvalue weighted by Gasteiger charge is 2.28. The first-order valence-corrected chi connectivity index (χ1v) is 7.84. The number of halogens is 1. The van der Waals surface area contributed by atoms with Gasteiger partial charge in [-0.3, -0.25) is 9.59 Å². The van der Waals surface area contributed by atoms with Crippen molar-refractivity contribution >= 4 is 41.8 Å². The number of guanidine groups is 1. The summed E-state index contributed by atoms with van der Waals surface area (Å²) in [6, 6.07) is 0. The molecular weight excluding hydrogens is 425 g/mol. The summed E-state index contributed by atoms with van der Waals surface area (Å²) in [6.07, 6.45) is 0.481. The van der Waals surface area contributed by atoms with E-state index in [4.69, 9.17) is 0 Å². The van der Waals surface area contributed by atoms with Gasteiger partial charge in [-0.25, -0.2) is 4.99 Å². The van der Waals surface area contributed by atoms with Gasteiger partial charge in [-0.1, -0.05) is 0 Å². The number of carbonyl (C=O) groups is 2. The van der Waals surface area contributed by atoms with Crippen molar-refractivity contribution in [3.8, 4) is 0 Å². The van der Waals surface area contributed by atoms with Crippen LogP contribution in [0.25, 0.3) is 0 Å². The van der Waals surface area contributed by atoms with Gasteiger partial charge in [0, 0.05) is 47.2 Å². The second-order valence-corrected chi connectivity index (χ2v) is 6.31. The van der Waals surface area contributed by atoms with Crippen LogP contribution in [0, 0.1) is 5.92 Å². The van der Waals surface area contributed by atoms with E-state index >= 15 is 0 Å². The molecule has 8 nitrogen and oxygen atoms in total. The molecule has 0 aromatic heterocycles. The van der Waals surface area contributed by atoms with Crippen molar-refractivity contribution in [1.82, 2.24) is 20.0 Å². The maximum absolute atomic E-state index is 11.8. The third-order valence-corrected chi connectivity index (χ3v) is 3.97. The fraction of sp³-hybridized carbons (Fsp3) is 0.800. The van der Waals surface area contributed by atoms with Crippen LogP contribution in [0.2, 0.25) is 0 Å². The second kappa shape index (κ2) is 10.7. The molecule has 1 aliphatic rings. The van der Waals surface area contributed by atoms with Crippen molar-refractivity contribution in [3.05, 3.63) is 0 Å². The van der Waals surface area contributed by atoms with E-state index in [1.54, 1.807) is 35.1 Å². The van der Waals surface area contributed by atoms with Gasteiger partial charge in [-0.2, -0.15) is 0 Å². The lowest BCUT2D eigenvalue weighted by molar-refractivity contribution is -0.127. The molecule has 1 heterocycles. The lowest BCUT2D eigenvalue weighted by atomic mass is 10.0. The first-order valence-electron chi connectivity index (χ1n) is 7.84. The topological polar surface area (TPSA) is 88.5 Å². The van der Waals surface area contributed by atoms with E-state index in [0.29, 0.717) is 12.5 Å². The van der Waals surface area contributed by atoms with Crippen molar-refractivity contribution in [3.63, 3.8) is 0 Å². The number of aliphatic imine (C=N–C) groups is 1. The largest absolute Gasteiger partial charge is 0.393 e. The molecule has 0 aromatic carbocycles. The Morgan fingerprint density at radius 1 is 1.25 bits per heavy atom. The van der Waals surface area contributed by atoms with E-state index in [1.165, 1.54) is 9.80 Å². The highest BCUT2D eigenvalue weighted by Crippen LogP contribution is 2.19. The maximum atomic E-state index is 11.8. The second-order valence-electron chi connectivity index (χ2n) is 6.31. The monoisotopic (exact) mass is 455 g/mol. The zero-order valence-electron chi connectivity index (χ0n) is 15.2. The predicted octanol–water partition coefficient (Wildman–Crippen LogP) is -0.571. The Bertz CT molecular complexity index is 454. The minimum Gasteiger partial charge on any atom is -0.393 e. The number of carbonyl (C=O) groups excluding carboxylic acids is 2. The summed E-state index contributed by atoms with van der Waals surface area (Å²) in [5.41, 5.74) is 0. The summed E-state index contributed by atoms with van der Waals surface area (Å²) >= 11 is 0. The molecule has 0 aromatic rings.